The van der Waals surface area contributed by atoms with Gasteiger partial charge in [0.2, 0.25) is 0 Å². The van der Waals surface area contributed by atoms with E-state index in [1.807, 2.05) is 36.0 Å². The highest BCUT2D eigenvalue weighted by atomic mass is 35.5. The van der Waals surface area contributed by atoms with Crippen LogP contribution in [0.1, 0.15) is 11.4 Å². The molecule has 0 aliphatic carbocycles. The Balaban J connectivity index is 2.20. The Morgan fingerprint density at radius 1 is 1.38 bits per heavy atom. The third kappa shape index (κ3) is 2.40. The van der Waals surface area contributed by atoms with Crippen molar-refractivity contribution in [3.8, 4) is 0 Å². The molecule has 0 fully saturated rings. The minimum Gasteiger partial charge on any atom is -0.313 e. The Hall–Kier alpha value is -1.39. The van der Waals surface area contributed by atoms with Gasteiger partial charge in [-0.1, -0.05) is 29.8 Å². The minimum absolute atomic E-state index is 0.649. The normalized spacial score (nSPS) is 10.6. The van der Waals surface area contributed by atoms with E-state index in [4.69, 9.17) is 11.6 Å². The number of benzene rings is 1. The van der Waals surface area contributed by atoms with Gasteiger partial charge in [-0.05, 0) is 18.7 Å². The van der Waals surface area contributed by atoms with Crippen LogP contribution in [-0.2, 0) is 13.1 Å². The zero-order valence-corrected chi connectivity index (χ0v) is 9.78. The lowest BCUT2D eigenvalue weighted by atomic mass is 10.2. The first kappa shape index (κ1) is 11.1. The molecule has 0 radical (unpaired) electrons. The Labute approximate surface area is 99.3 Å². The maximum absolute atomic E-state index is 6.09. The second-order valence-corrected chi connectivity index (χ2v) is 3.86. The second kappa shape index (κ2) is 5.09. The molecule has 2 aromatic rings. The average molecular weight is 237 g/mol. The first-order valence-corrected chi connectivity index (χ1v) is 5.43. The van der Waals surface area contributed by atoms with Crippen LogP contribution < -0.4 is 5.32 Å². The van der Waals surface area contributed by atoms with E-state index in [2.05, 4.69) is 15.4 Å². The van der Waals surface area contributed by atoms with Crippen molar-refractivity contribution < 1.29 is 0 Å². The van der Waals surface area contributed by atoms with E-state index in [1.165, 1.54) is 0 Å². The summed E-state index contributed by atoms with van der Waals surface area (Å²) in [5.41, 5.74) is 1.05. The number of aromatic nitrogens is 3. The third-order valence-electron chi connectivity index (χ3n) is 2.31. The highest BCUT2D eigenvalue weighted by Crippen LogP contribution is 2.16. The molecule has 0 aliphatic rings. The SMILES string of the molecule is CNCc1ncnn1Cc1ccccc1Cl. The molecule has 1 N–H and O–H groups in total. The molecule has 2 rings (SSSR count). The predicted molar refractivity (Wildman–Crippen MR) is 63.3 cm³/mol. The van der Waals surface area contributed by atoms with Gasteiger partial charge in [-0.25, -0.2) is 9.67 Å². The number of hydrogen-bond acceptors (Lipinski definition) is 3. The number of nitrogens with zero attached hydrogens (tertiary/aromatic N) is 3. The van der Waals surface area contributed by atoms with Gasteiger partial charge in [-0.15, -0.1) is 0 Å². The maximum Gasteiger partial charge on any atom is 0.141 e. The zero-order valence-electron chi connectivity index (χ0n) is 9.02. The van der Waals surface area contributed by atoms with Crippen LogP contribution in [0, 0.1) is 0 Å². The fraction of sp³-hybridized carbons (Fsp3) is 0.273. The smallest absolute Gasteiger partial charge is 0.141 e. The zero-order chi connectivity index (χ0) is 11.4. The number of nitrogens with one attached hydrogen (secondary N) is 1. The van der Waals surface area contributed by atoms with Crippen molar-refractivity contribution in [1.82, 2.24) is 20.1 Å². The highest BCUT2D eigenvalue weighted by Gasteiger charge is 2.05. The maximum atomic E-state index is 6.09. The Bertz CT molecular complexity index is 467. The summed E-state index contributed by atoms with van der Waals surface area (Å²) in [6.07, 6.45) is 1.56. The van der Waals surface area contributed by atoms with Crippen molar-refractivity contribution in [3.63, 3.8) is 0 Å². The molecule has 84 valence electrons. The summed E-state index contributed by atoms with van der Waals surface area (Å²) in [6, 6.07) is 7.76. The molecule has 0 saturated heterocycles. The van der Waals surface area contributed by atoms with Crippen molar-refractivity contribution in [3.05, 3.63) is 47.0 Å². The van der Waals surface area contributed by atoms with E-state index in [0.29, 0.717) is 13.1 Å². The fourth-order valence-corrected chi connectivity index (χ4v) is 1.70. The van der Waals surface area contributed by atoms with Gasteiger partial charge in [0.15, 0.2) is 0 Å². The van der Waals surface area contributed by atoms with Gasteiger partial charge in [-0.2, -0.15) is 5.10 Å². The first-order chi connectivity index (χ1) is 7.81. The van der Waals surface area contributed by atoms with Crippen molar-refractivity contribution in [2.24, 2.45) is 0 Å². The molecule has 0 bridgehead atoms. The molecule has 1 aromatic carbocycles. The van der Waals surface area contributed by atoms with E-state index in [-0.39, 0.29) is 0 Å². The van der Waals surface area contributed by atoms with Gasteiger partial charge in [0.05, 0.1) is 13.1 Å². The van der Waals surface area contributed by atoms with Crippen molar-refractivity contribution in [1.29, 1.82) is 0 Å². The van der Waals surface area contributed by atoms with Crippen LogP contribution >= 0.6 is 11.6 Å². The third-order valence-corrected chi connectivity index (χ3v) is 2.68. The Kier molecular flexibility index (Phi) is 3.54. The molecular formula is C11H13ClN4. The van der Waals surface area contributed by atoms with Gasteiger partial charge in [0, 0.05) is 5.02 Å². The van der Waals surface area contributed by atoms with Crippen molar-refractivity contribution >= 4 is 11.6 Å². The largest absolute Gasteiger partial charge is 0.313 e. The Morgan fingerprint density at radius 3 is 2.94 bits per heavy atom. The average Bonchev–Trinajstić information content (AvgIpc) is 2.70. The van der Waals surface area contributed by atoms with Crippen molar-refractivity contribution in [2.45, 2.75) is 13.1 Å². The molecule has 1 aromatic heterocycles. The lowest BCUT2D eigenvalue weighted by Crippen LogP contribution is -2.14. The van der Waals surface area contributed by atoms with Crippen LogP contribution in [0.2, 0.25) is 5.02 Å². The molecule has 16 heavy (non-hydrogen) atoms. The Morgan fingerprint density at radius 2 is 2.19 bits per heavy atom. The molecule has 4 nitrogen and oxygen atoms in total. The second-order valence-electron chi connectivity index (χ2n) is 3.46. The van der Waals surface area contributed by atoms with E-state index in [0.717, 1.165) is 16.4 Å². The van der Waals surface area contributed by atoms with Gasteiger partial charge in [-0.3, -0.25) is 0 Å². The van der Waals surface area contributed by atoms with Crippen LogP contribution in [0.5, 0.6) is 0 Å². The molecule has 0 aliphatic heterocycles. The van der Waals surface area contributed by atoms with Crippen LogP contribution in [0.25, 0.3) is 0 Å². The van der Waals surface area contributed by atoms with Crippen LogP contribution in [0.15, 0.2) is 30.6 Å². The molecule has 0 unspecified atom stereocenters. The lowest BCUT2D eigenvalue weighted by molar-refractivity contribution is 0.613. The van der Waals surface area contributed by atoms with E-state index in [1.54, 1.807) is 6.33 Å². The summed E-state index contributed by atoms with van der Waals surface area (Å²) in [7, 11) is 1.88. The van der Waals surface area contributed by atoms with Gasteiger partial charge in [0.25, 0.3) is 0 Å². The molecule has 1 heterocycles. The summed E-state index contributed by atoms with van der Waals surface area (Å²) >= 11 is 6.09. The number of hydrogen-bond donors (Lipinski definition) is 1. The van der Waals surface area contributed by atoms with E-state index >= 15 is 0 Å². The topological polar surface area (TPSA) is 42.7 Å². The monoisotopic (exact) mass is 236 g/mol. The molecule has 0 saturated carbocycles. The molecule has 0 atom stereocenters. The molecule has 0 spiro atoms. The lowest BCUT2D eigenvalue weighted by Gasteiger charge is -2.07. The highest BCUT2D eigenvalue weighted by molar-refractivity contribution is 6.31. The fourth-order valence-electron chi connectivity index (χ4n) is 1.50. The van der Waals surface area contributed by atoms with Crippen LogP contribution in [0.4, 0.5) is 0 Å². The van der Waals surface area contributed by atoms with Gasteiger partial charge < -0.3 is 5.32 Å². The standard InChI is InChI=1S/C11H13ClN4/c1-13-6-11-14-8-15-16(11)7-9-4-2-3-5-10(9)12/h2-5,8,13H,6-7H2,1H3. The summed E-state index contributed by atoms with van der Waals surface area (Å²) in [4.78, 5) is 4.18. The van der Waals surface area contributed by atoms with E-state index in [9.17, 15) is 0 Å². The van der Waals surface area contributed by atoms with Gasteiger partial charge in [0.1, 0.15) is 12.2 Å². The molecule has 0 amide bonds. The summed E-state index contributed by atoms with van der Waals surface area (Å²) < 4.78 is 1.84. The van der Waals surface area contributed by atoms with Crippen molar-refractivity contribution in [2.75, 3.05) is 7.05 Å². The number of rotatable bonds is 4. The number of halogens is 1. The molecular weight excluding hydrogens is 224 g/mol. The predicted octanol–water partition coefficient (Wildman–Crippen LogP) is 1.70. The summed E-state index contributed by atoms with van der Waals surface area (Å²) in [5, 5.41) is 7.99. The van der Waals surface area contributed by atoms with E-state index < -0.39 is 0 Å². The summed E-state index contributed by atoms with van der Waals surface area (Å²) in [6.45, 7) is 1.35. The summed E-state index contributed by atoms with van der Waals surface area (Å²) in [5.74, 6) is 0.905. The quantitative estimate of drug-likeness (QED) is 0.879. The first-order valence-electron chi connectivity index (χ1n) is 5.06. The minimum atomic E-state index is 0.649. The van der Waals surface area contributed by atoms with Gasteiger partial charge >= 0.3 is 0 Å². The van der Waals surface area contributed by atoms with Crippen LogP contribution in [-0.4, -0.2) is 21.8 Å². The molecule has 5 heteroatoms. The van der Waals surface area contributed by atoms with Crippen LogP contribution in [0.3, 0.4) is 0 Å².